The molecule has 0 aliphatic carbocycles. The Kier molecular flexibility index (Phi) is 7.47. The van der Waals surface area contributed by atoms with Crippen LogP contribution in [0.4, 0.5) is 0 Å². The van der Waals surface area contributed by atoms with Crippen LogP contribution in [-0.2, 0) is 12.3 Å². The molecule has 0 nitrogen and oxygen atoms in total. The van der Waals surface area contributed by atoms with Crippen molar-refractivity contribution in [2.75, 3.05) is 0 Å². The molecule has 0 radical (unpaired) electrons. The van der Waals surface area contributed by atoms with Gasteiger partial charge in [0.2, 0.25) is 0 Å². The monoisotopic (exact) mass is 450 g/mol. The molecule has 4 bridgehead atoms. The van der Waals surface area contributed by atoms with Crippen LogP contribution in [0.5, 0.6) is 0 Å². The predicted molar refractivity (Wildman–Crippen MR) is 135 cm³/mol. The van der Waals surface area contributed by atoms with Crippen LogP contribution in [0.25, 0.3) is 0 Å². The summed E-state index contributed by atoms with van der Waals surface area (Å²) in [5, 5.41) is 0. The first kappa shape index (κ1) is 20.8. The van der Waals surface area contributed by atoms with Gasteiger partial charge in [0, 0.05) is 0 Å². The summed E-state index contributed by atoms with van der Waals surface area (Å²) in [5.74, 6) is 0. The summed E-state index contributed by atoms with van der Waals surface area (Å²) < 4.78 is 0. The minimum absolute atomic E-state index is 0.359. The second-order valence-corrected chi connectivity index (χ2v) is 20.5. The molecule has 4 heterocycles. The molecular formula is C24H38P4. The van der Waals surface area contributed by atoms with Crippen LogP contribution in [0.2, 0.25) is 0 Å². The number of benzene rings is 1. The van der Waals surface area contributed by atoms with Crippen molar-refractivity contribution in [2.24, 2.45) is 0 Å². The molecule has 0 saturated carbocycles. The lowest BCUT2D eigenvalue weighted by atomic mass is 9.99. The van der Waals surface area contributed by atoms with Gasteiger partial charge in [0.05, 0.1) is 0 Å². The molecule has 4 aliphatic rings. The van der Waals surface area contributed by atoms with Crippen molar-refractivity contribution in [1.82, 2.24) is 0 Å². The Morgan fingerprint density at radius 2 is 0.893 bits per heavy atom. The molecule has 28 heavy (non-hydrogen) atoms. The summed E-state index contributed by atoms with van der Waals surface area (Å²) >= 11 is 0. The second-order valence-electron chi connectivity index (χ2n) is 9.59. The average Bonchev–Trinajstić information content (AvgIpc) is 2.70. The van der Waals surface area contributed by atoms with Gasteiger partial charge < -0.3 is 0 Å². The molecule has 2 unspecified atom stereocenters. The number of rotatable bonds is 6. The Labute approximate surface area is 179 Å². The third kappa shape index (κ3) is 4.72. The van der Waals surface area contributed by atoms with E-state index in [1.165, 1.54) is 28.9 Å². The van der Waals surface area contributed by atoms with E-state index in [-0.39, 0.29) is 0 Å². The van der Waals surface area contributed by atoms with Crippen molar-refractivity contribution < 1.29 is 0 Å². The van der Waals surface area contributed by atoms with Crippen LogP contribution >= 0.6 is 31.8 Å². The topological polar surface area (TPSA) is 0 Å². The molecule has 154 valence electrons. The maximum absolute atomic E-state index is 2.50. The molecule has 4 fully saturated rings. The maximum Gasteiger partial charge on any atom is -0.00587 e. The van der Waals surface area contributed by atoms with E-state index < -0.39 is 0 Å². The summed E-state index contributed by atoms with van der Waals surface area (Å²) in [6.07, 6.45) is 21.6. The molecule has 4 heteroatoms. The van der Waals surface area contributed by atoms with Crippen molar-refractivity contribution in [1.29, 1.82) is 0 Å². The largest absolute Gasteiger partial charge is 0.0910 e. The fourth-order valence-electron chi connectivity index (χ4n) is 6.41. The van der Waals surface area contributed by atoms with Crippen LogP contribution in [0.1, 0.15) is 88.2 Å². The Balaban J connectivity index is 1.21. The van der Waals surface area contributed by atoms with Gasteiger partial charge in [-0.1, -0.05) is 81.7 Å². The highest BCUT2D eigenvalue weighted by molar-refractivity contribution is 8.22. The smallest absolute Gasteiger partial charge is 0.00587 e. The van der Waals surface area contributed by atoms with Gasteiger partial charge in [-0.15, -0.1) is 0 Å². The van der Waals surface area contributed by atoms with E-state index >= 15 is 0 Å². The van der Waals surface area contributed by atoms with Crippen molar-refractivity contribution >= 4 is 31.8 Å². The van der Waals surface area contributed by atoms with E-state index in [9.17, 15) is 0 Å². The van der Waals surface area contributed by atoms with Gasteiger partial charge in [-0.3, -0.25) is 0 Å². The molecule has 1 aromatic carbocycles. The summed E-state index contributed by atoms with van der Waals surface area (Å²) in [4.78, 5) is 0. The zero-order valence-corrected chi connectivity index (χ0v) is 21.2. The van der Waals surface area contributed by atoms with Gasteiger partial charge in [0.25, 0.3) is 0 Å². The molecule has 4 aliphatic heterocycles. The molecular weight excluding hydrogens is 412 g/mol. The Morgan fingerprint density at radius 1 is 0.571 bits per heavy atom. The van der Waals surface area contributed by atoms with Gasteiger partial charge in [-0.2, -0.15) is 0 Å². The SMILES string of the molecule is c1ccc(CPP2C3CCCC2CCC3)c(CPP2C3CCCC2CCC3)c1. The lowest BCUT2D eigenvalue weighted by molar-refractivity contribution is 0.481. The van der Waals surface area contributed by atoms with Crippen LogP contribution in [0.3, 0.4) is 0 Å². The molecule has 0 spiro atoms. The standard InChI is InChI=1S/C24H38P4/c1-2-8-20(18-26-28-23-13-5-14-24(28)16-6-15-23)19(7-1)17-25-27-21-9-3-10-22(27)12-4-11-21/h1-2,7-8,21-26H,3-6,9-18H2. The second kappa shape index (κ2) is 10.0. The highest BCUT2D eigenvalue weighted by Crippen LogP contribution is 2.73. The molecule has 4 saturated heterocycles. The van der Waals surface area contributed by atoms with Gasteiger partial charge >= 0.3 is 0 Å². The Hall–Kier alpha value is 0.940. The zero-order valence-electron chi connectivity index (χ0n) is 17.4. The highest BCUT2D eigenvalue weighted by atomic mass is 32.1. The van der Waals surface area contributed by atoms with E-state index in [1.54, 1.807) is 88.2 Å². The zero-order chi connectivity index (χ0) is 18.8. The molecule has 0 aromatic heterocycles. The van der Waals surface area contributed by atoms with E-state index in [0.29, 0.717) is 15.2 Å². The van der Waals surface area contributed by atoms with Crippen LogP contribution in [0.15, 0.2) is 24.3 Å². The lowest BCUT2D eigenvalue weighted by Crippen LogP contribution is -2.24. The van der Waals surface area contributed by atoms with E-state index in [2.05, 4.69) is 24.3 Å². The van der Waals surface area contributed by atoms with E-state index in [0.717, 1.165) is 22.6 Å². The number of fused-ring (bicyclic) bond motifs is 4. The van der Waals surface area contributed by atoms with Gasteiger partial charge in [-0.05, 0) is 97.5 Å². The minimum atomic E-state index is 0.359. The first-order chi connectivity index (χ1) is 13.9. The molecule has 5 rings (SSSR count). The summed E-state index contributed by atoms with van der Waals surface area (Å²) in [5.41, 5.74) is 8.10. The van der Waals surface area contributed by atoms with Crippen molar-refractivity contribution in [2.45, 2.75) is 112 Å². The summed E-state index contributed by atoms with van der Waals surface area (Å²) in [6, 6.07) is 9.64. The summed E-state index contributed by atoms with van der Waals surface area (Å²) in [7, 11) is 3.24. The van der Waals surface area contributed by atoms with E-state index in [4.69, 9.17) is 0 Å². The average molecular weight is 450 g/mol. The lowest BCUT2D eigenvalue weighted by Gasteiger charge is -2.43. The van der Waals surface area contributed by atoms with Crippen LogP contribution in [0, 0.1) is 0 Å². The fraction of sp³-hybridized carbons (Fsp3) is 0.750. The van der Waals surface area contributed by atoms with Gasteiger partial charge in [0.1, 0.15) is 0 Å². The van der Waals surface area contributed by atoms with Crippen LogP contribution in [-0.4, -0.2) is 22.6 Å². The predicted octanol–water partition coefficient (Wildman–Crippen LogP) is 9.05. The Morgan fingerprint density at radius 3 is 1.21 bits per heavy atom. The summed E-state index contributed by atoms with van der Waals surface area (Å²) in [6.45, 7) is 0. The number of hydrogen-bond donors (Lipinski definition) is 0. The normalized spacial score (nSPS) is 38.4. The van der Waals surface area contributed by atoms with Gasteiger partial charge in [-0.25, -0.2) is 0 Å². The van der Waals surface area contributed by atoms with Crippen molar-refractivity contribution in [3.05, 3.63) is 35.4 Å². The fourth-order valence-corrected chi connectivity index (χ4v) is 22.0. The van der Waals surface area contributed by atoms with Crippen molar-refractivity contribution in [3.8, 4) is 0 Å². The van der Waals surface area contributed by atoms with Crippen LogP contribution < -0.4 is 0 Å². The third-order valence-corrected chi connectivity index (χ3v) is 22.4. The molecule has 2 atom stereocenters. The number of hydrogen-bond acceptors (Lipinski definition) is 0. The Bertz CT molecular complexity index is 548. The highest BCUT2D eigenvalue weighted by Gasteiger charge is 2.36. The molecule has 0 amide bonds. The quantitative estimate of drug-likeness (QED) is 0.379. The first-order valence-corrected chi connectivity index (χ1v) is 19.0. The van der Waals surface area contributed by atoms with E-state index in [1.807, 2.05) is 0 Å². The maximum atomic E-state index is 2.50. The van der Waals surface area contributed by atoms with Gasteiger partial charge in [0.15, 0.2) is 0 Å². The van der Waals surface area contributed by atoms with Crippen molar-refractivity contribution in [3.63, 3.8) is 0 Å². The first-order valence-electron chi connectivity index (χ1n) is 12.0. The molecule has 1 aromatic rings. The third-order valence-electron chi connectivity index (χ3n) is 7.89. The molecule has 0 N–H and O–H groups in total. The minimum Gasteiger partial charge on any atom is -0.0910 e.